The summed E-state index contributed by atoms with van der Waals surface area (Å²) < 4.78 is 12.5. The van der Waals surface area contributed by atoms with Crippen LogP contribution in [0.3, 0.4) is 0 Å². The van der Waals surface area contributed by atoms with E-state index in [0.29, 0.717) is 29.5 Å². The molecule has 2 heterocycles. The summed E-state index contributed by atoms with van der Waals surface area (Å²) in [6.07, 6.45) is 3.66. The van der Waals surface area contributed by atoms with E-state index in [-0.39, 0.29) is 5.97 Å². The molecule has 0 radical (unpaired) electrons. The van der Waals surface area contributed by atoms with Crippen molar-refractivity contribution in [1.29, 1.82) is 0 Å². The van der Waals surface area contributed by atoms with Crippen molar-refractivity contribution in [2.75, 3.05) is 6.61 Å². The molecule has 0 atom stereocenters. The molecule has 0 aliphatic rings. The van der Waals surface area contributed by atoms with Crippen LogP contribution < -0.4 is 4.74 Å². The second-order valence-electron chi connectivity index (χ2n) is 4.88. The Bertz CT molecular complexity index is 827. The second-order valence-corrected chi connectivity index (χ2v) is 5.31. The van der Waals surface area contributed by atoms with Gasteiger partial charge in [0.1, 0.15) is 18.0 Å². The number of carbonyl (C=O) groups is 1. The van der Waals surface area contributed by atoms with Crippen LogP contribution in [0.15, 0.2) is 48.8 Å². The molecule has 0 aliphatic heterocycles. The first-order chi connectivity index (χ1) is 11.2. The Hall–Kier alpha value is -2.53. The van der Waals surface area contributed by atoms with Gasteiger partial charge in [0.05, 0.1) is 22.9 Å². The van der Waals surface area contributed by atoms with Crippen LogP contribution in [-0.2, 0) is 11.3 Å². The molecular weight excluding hydrogens is 316 g/mol. The van der Waals surface area contributed by atoms with Gasteiger partial charge >= 0.3 is 5.97 Å². The van der Waals surface area contributed by atoms with Crippen molar-refractivity contribution < 1.29 is 14.3 Å². The van der Waals surface area contributed by atoms with Crippen LogP contribution in [-0.4, -0.2) is 22.0 Å². The van der Waals surface area contributed by atoms with Crippen LogP contribution >= 0.6 is 11.6 Å². The first-order valence-electron chi connectivity index (χ1n) is 7.19. The lowest BCUT2D eigenvalue weighted by Crippen LogP contribution is -2.04. The summed E-state index contributed by atoms with van der Waals surface area (Å²) >= 11 is 5.95. The molecule has 5 nitrogen and oxygen atoms in total. The first kappa shape index (κ1) is 15.4. The largest absolute Gasteiger partial charge is 0.487 e. The molecule has 0 amide bonds. The Balaban J connectivity index is 1.66. The van der Waals surface area contributed by atoms with Crippen molar-refractivity contribution in [3.05, 3.63) is 65.1 Å². The Morgan fingerprint density at radius 2 is 1.96 bits per heavy atom. The highest BCUT2D eigenvalue weighted by Gasteiger charge is 2.07. The number of ether oxygens (including phenoxy) is 2. The van der Waals surface area contributed by atoms with Gasteiger partial charge in [-0.15, -0.1) is 0 Å². The number of rotatable bonds is 5. The zero-order valence-electron chi connectivity index (χ0n) is 12.5. The van der Waals surface area contributed by atoms with Gasteiger partial charge in [-0.05, 0) is 43.3 Å². The molecule has 0 aliphatic carbocycles. The fourth-order valence-corrected chi connectivity index (χ4v) is 2.31. The van der Waals surface area contributed by atoms with Gasteiger partial charge in [-0.1, -0.05) is 11.6 Å². The van der Waals surface area contributed by atoms with Crippen molar-refractivity contribution in [2.24, 2.45) is 0 Å². The lowest BCUT2D eigenvalue weighted by atomic mass is 10.2. The normalized spacial score (nSPS) is 10.7. The predicted molar refractivity (Wildman–Crippen MR) is 86.9 cm³/mol. The third-order valence-electron chi connectivity index (χ3n) is 3.22. The fraction of sp³-hybridized carbons (Fsp3) is 0.176. The minimum absolute atomic E-state index is 0.331. The van der Waals surface area contributed by atoms with E-state index in [1.54, 1.807) is 43.5 Å². The van der Waals surface area contributed by atoms with E-state index in [1.807, 2.05) is 16.7 Å². The first-order valence-corrected chi connectivity index (χ1v) is 7.56. The van der Waals surface area contributed by atoms with Crippen LogP contribution in [0.1, 0.15) is 23.0 Å². The number of nitrogens with zero attached hydrogens (tertiary/aromatic N) is 2. The maximum absolute atomic E-state index is 11.6. The number of hydrogen-bond acceptors (Lipinski definition) is 4. The Morgan fingerprint density at radius 3 is 2.70 bits per heavy atom. The minimum Gasteiger partial charge on any atom is -0.487 e. The number of hydrogen-bond donors (Lipinski definition) is 0. The van der Waals surface area contributed by atoms with E-state index >= 15 is 0 Å². The number of fused-ring (bicyclic) bond motifs is 1. The molecule has 118 valence electrons. The number of halogens is 1. The van der Waals surface area contributed by atoms with Gasteiger partial charge in [-0.2, -0.15) is 0 Å². The van der Waals surface area contributed by atoms with E-state index in [4.69, 9.17) is 21.1 Å². The zero-order chi connectivity index (χ0) is 16.2. The summed E-state index contributed by atoms with van der Waals surface area (Å²) in [6.45, 7) is 2.46. The number of pyridine rings is 1. The van der Waals surface area contributed by atoms with Crippen molar-refractivity contribution in [1.82, 2.24) is 9.38 Å². The third kappa shape index (κ3) is 3.63. The van der Waals surface area contributed by atoms with Crippen molar-refractivity contribution >= 4 is 23.2 Å². The predicted octanol–water partition coefficient (Wildman–Crippen LogP) is 3.74. The smallest absolute Gasteiger partial charge is 0.338 e. The highest BCUT2D eigenvalue weighted by molar-refractivity contribution is 6.30. The Kier molecular flexibility index (Phi) is 4.48. The van der Waals surface area contributed by atoms with E-state index in [1.165, 1.54) is 0 Å². The molecule has 0 bridgehead atoms. The summed E-state index contributed by atoms with van der Waals surface area (Å²) in [5.41, 5.74) is 2.11. The van der Waals surface area contributed by atoms with E-state index < -0.39 is 0 Å². The van der Waals surface area contributed by atoms with Crippen molar-refractivity contribution in [3.63, 3.8) is 0 Å². The SMILES string of the molecule is CCOC(=O)c1ccc(OCc2cn3cc(Cl)ccc3n2)cc1. The number of imidazole rings is 1. The van der Waals surface area contributed by atoms with E-state index in [9.17, 15) is 4.79 Å². The number of aromatic nitrogens is 2. The van der Waals surface area contributed by atoms with Crippen LogP contribution in [0.25, 0.3) is 5.65 Å². The average molecular weight is 331 g/mol. The second kappa shape index (κ2) is 6.71. The lowest BCUT2D eigenvalue weighted by Gasteiger charge is -2.05. The minimum atomic E-state index is -0.337. The number of carbonyl (C=O) groups excluding carboxylic acids is 1. The quantitative estimate of drug-likeness (QED) is 0.669. The molecule has 3 aromatic rings. The van der Waals surface area contributed by atoms with Crippen LogP contribution in [0, 0.1) is 0 Å². The van der Waals surface area contributed by atoms with Gasteiger partial charge in [0.25, 0.3) is 0 Å². The fourth-order valence-electron chi connectivity index (χ4n) is 2.15. The Labute approximate surface area is 138 Å². The van der Waals surface area contributed by atoms with Crippen molar-refractivity contribution in [3.8, 4) is 5.75 Å². The van der Waals surface area contributed by atoms with Crippen LogP contribution in [0.4, 0.5) is 0 Å². The molecule has 3 rings (SSSR count). The molecule has 0 unspecified atom stereocenters. The summed E-state index contributed by atoms with van der Waals surface area (Å²) in [4.78, 5) is 16.0. The van der Waals surface area contributed by atoms with Crippen LogP contribution in [0.5, 0.6) is 5.75 Å². The Morgan fingerprint density at radius 1 is 1.17 bits per heavy atom. The highest BCUT2D eigenvalue weighted by Crippen LogP contribution is 2.16. The van der Waals surface area contributed by atoms with Gasteiger partial charge in [-0.25, -0.2) is 9.78 Å². The molecule has 0 spiro atoms. The molecule has 0 saturated heterocycles. The van der Waals surface area contributed by atoms with Gasteiger partial charge in [0, 0.05) is 12.4 Å². The molecule has 0 N–H and O–H groups in total. The number of esters is 1. The maximum atomic E-state index is 11.6. The lowest BCUT2D eigenvalue weighted by molar-refractivity contribution is 0.0526. The highest BCUT2D eigenvalue weighted by atomic mass is 35.5. The summed E-state index contributed by atoms with van der Waals surface area (Å²) in [6, 6.07) is 10.5. The zero-order valence-corrected chi connectivity index (χ0v) is 13.3. The van der Waals surface area contributed by atoms with Gasteiger partial charge in [-0.3, -0.25) is 0 Å². The monoisotopic (exact) mass is 330 g/mol. The molecule has 2 aromatic heterocycles. The molecule has 6 heteroatoms. The van der Waals surface area contributed by atoms with Crippen LogP contribution in [0.2, 0.25) is 5.02 Å². The number of benzene rings is 1. The topological polar surface area (TPSA) is 52.8 Å². The summed E-state index contributed by atoms with van der Waals surface area (Å²) in [5.74, 6) is 0.324. The summed E-state index contributed by atoms with van der Waals surface area (Å²) in [5, 5.41) is 0.650. The average Bonchev–Trinajstić information content (AvgIpc) is 2.95. The van der Waals surface area contributed by atoms with Gasteiger partial charge in [0.2, 0.25) is 0 Å². The molecule has 0 fully saturated rings. The maximum Gasteiger partial charge on any atom is 0.338 e. The summed E-state index contributed by atoms with van der Waals surface area (Å²) in [7, 11) is 0. The van der Waals surface area contributed by atoms with E-state index in [0.717, 1.165) is 11.3 Å². The molecular formula is C17H15ClN2O3. The van der Waals surface area contributed by atoms with Gasteiger partial charge < -0.3 is 13.9 Å². The molecule has 0 saturated carbocycles. The van der Waals surface area contributed by atoms with Gasteiger partial charge in [0.15, 0.2) is 0 Å². The third-order valence-corrected chi connectivity index (χ3v) is 3.44. The molecule has 1 aromatic carbocycles. The van der Waals surface area contributed by atoms with Crippen molar-refractivity contribution in [2.45, 2.75) is 13.5 Å². The van der Waals surface area contributed by atoms with E-state index in [2.05, 4.69) is 4.98 Å². The standard InChI is InChI=1S/C17H15ClN2O3/c1-2-22-17(21)12-3-6-15(7-4-12)23-11-14-10-20-9-13(18)5-8-16(20)19-14/h3-10H,2,11H2,1H3. The molecule has 23 heavy (non-hydrogen) atoms.